The van der Waals surface area contributed by atoms with Crippen molar-refractivity contribution in [1.82, 2.24) is 5.32 Å². The Morgan fingerprint density at radius 1 is 1.59 bits per heavy atom. The Morgan fingerprint density at radius 3 is 2.71 bits per heavy atom. The molecule has 4 nitrogen and oxygen atoms in total. The van der Waals surface area contributed by atoms with E-state index in [1.807, 2.05) is 6.08 Å². The number of allylic oxidation sites excluding steroid dienone is 1. The summed E-state index contributed by atoms with van der Waals surface area (Å²) in [5, 5.41) is 2.69. The molecule has 0 aromatic heterocycles. The van der Waals surface area contributed by atoms with Crippen molar-refractivity contribution < 1.29 is 14.3 Å². The van der Waals surface area contributed by atoms with Gasteiger partial charge in [-0.3, -0.25) is 4.79 Å². The van der Waals surface area contributed by atoms with Crippen molar-refractivity contribution in [1.29, 1.82) is 0 Å². The molecule has 0 spiro atoms. The minimum atomic E-state index is -0.476. The van der Waals surface area contributed by atoms with Crippen molar-refractivity contribution in [3.63, 3.8) is 0 Å². The molecule has 1 atom stereocenters. The molecule has 17 heavy (non-hydrogen) atoms. The van der Waals surface area contributed by atoms with E-state index in [1.165, 1.54) is 0 Å². The lowest BCUT2D eigenvalue weighted by atomic mass is 9.88. The Kier molecular flexibility index (Phi) is 4.32. The Labute approximate surface area is 102 Å². The van der Waals surface area contributed by atoms with E-state index in [0.29, 0.717) is 18.6 Å². The van der Waals surface area contributed by atoms with Gasteiger partial charge < -0.3 is 10.1 Å². The van der Waals surface area contributed by atoms with Gasteiger partial charge in [0.15, 0.2) is 0 Å². The number of nitrogens with one attached hydrogen (secondary N) is 1. The quantitative estimate of drug-likeness (QED) is 0.601. The van der Waals surface area contributed by atoms with Gasteiger partial charge in [0.2, 0.25) is 5.91 Å². The van der Waals surface area contributed by atoms with E-state index in [2.05, 4.69) is 26.1 Å². The van der Waals surface area contributed by atoms with Crippen LogP contribution in [0, 0.1) is 5.41 Å². The van der Waals surface area contributed by atoms with Gasteiger partial charge in [-0.05, 0) is 18.8 Å². The van der Waals surface area contributed by atoms with Crippen molar-refractivity contribution >= 4 is 11.9 Å². The lowest BCUT2D eigenvalue weighted by molar-refractivity contribution is -0.141. The molecule has 1 fully saturated rings. The molecule has 0 saturated carbocycles. The van der Waals surface area contributed by atoms with Crippen molar-refractivity contribution in [2.45, 2.75) is 46.6 Å². The number of ether oxygens (including phenoxy) is 1. The second-order valence-corrected chi connectivity index (χ2v) is 5.15. The molecule has 0 aromatic rings. The third-order valence-corrected chi connectivity index (χ3v) is 3.12. The van der Waals surface area contributed by atoms with Gasteiger partial charge in [0.05, 0.1) is 6.61 Å². The van der Waals surface area contributed by atoms with Crippen LogP contribution in [0.4, 0.5) is 0 Å². The molecule has 1 saturated heterocycles. The van der Waals surface area contributed by atoms with Crippen LogP contribution in [0.2, 0.25) is 0 Å². The minimum Gasteiger partial charge on any atom is -0.464 e. The lowest BCUT2D eigenvalue weighted by Crippen LogP contribution is -2.38. The van der Waals surface area contributed by atoms with E-state index in [0.717, 1.165) is 6.42 Å². The molecule has 0 bridgehead atoms. The molecule has 1 heterocycles. The normalized spacial score (nSPS) is 21.3. The predicted octanol–water partition coefficient (Wildman–Crippen LogP) is 1.80. The number of amides is 1. The summed E-state index contributed by atoms with van der Waals surface area (Å²) in [6, 6.07) is -0.476. The molecule has 4 heteroatoms. The van der Waals surface area contributed by atoms with Crippen molar-refractivity contribution in [3.8, 4) is 0 Å². The fraction of sp³-hybridized carbons (Fsp3) is 0.692. The first-order valence-electron chi connectivity index (χ1n) is 6.02. The summed E-state index contributed by atoms with van der Waals surface area (Å²) >= 11 is 0. The number of carbonyl (C=O) groups is 2. The maximum absolute atomic E-state index is 11.9. The molecule has 0 aliphatic carbocycles. The molecule has 0 aromatic carbocycles. The van der Waals surface area contributed by atoms with Crippen LogP contribution in [0.25, 0.3) is 0 Å². The standard InChI is InChI=1S/C13H21NO3/c1-5-13(3,4)8-9(2)11(15)14-10-6-7-17-12(10)16/h8,10H,5-7H2,1-4H3,(H,14,15)/b9-8+. The van der Waals surface area contributed by atoms with Gasteiger partial charge >= 0.3 is 5.97 Å². The van der Waals surface area contributed by atoms with Crippen LogP contribution in [0.1, 0.15) is 40.5 Å². The maximum Gasteiger partial charge on any atom is 0.328 e. The molecule has 1 aliphatic rings. The van der Waals surface area contributed by atoms with Crippen molar-refractivity contribution in [2.24, 2.45) is 5.41 Å². The summed E-state index contributed by atoms with van der Waals surface area (Å²) in [5.41, 5.74) is 0.647. The predicted molar refractivity (Wildman–Crippen MR) is 65.3 cm³/mol. The van der Waals surface area contributed by atoms with Crippen LogP contribution in [-0.4, -0.2) is 24.5 Å². The SMILES string of the molecule is CCC(C)(C)/C=C(\C)C(=O)NC1CCOC1=O. The molecular formula is C13H21NO3. The summed E-state index contributed by atoms with van der Waals surface area (Å²) in [7, 11) is 0. The van der Waals surface area contributed by atoms with Crippen molar-refractivity contribution in [2.75, 3.05) is 6.61 Å². The number of cyclic esters (lactones) is 1. The van der Waals surface area contributed by atoms with Gasteiger partial charge in [0.1, 0.15) is 6.04 Å². The molecule has 1 unspecified atom stereocenters. The molecule has 0 radical (unpaired) electrons. The van der Waals surface area contributed by atoms with Crippen molar-refractivity contribution in [3.05, 3.63) is 11.6 Å². The number of carbonyl (C=O) groups excluding carboxylic acids is 2. The zero-order chi connectivity index (χ0) is 13.1. The van der Waals surface area contributed by atoms with E-state index < -0.39 is 6.04 Å². The molecule has 1 N–H and O–H groups in total. The first-order valence-corrected chi connectivity index (χ1v) is 6.02. The highest BCUT2D eigenvalue weighted by Crippen LogP contribution is 2.23. The van der Waals surface area contributed by atoms with Gasteiger partial charge in [0.25, 0.3) is 0 Å². The number of hydrogen-bond donors (Lipinski definition) is 1. The number of hydrogen-bond acceptors (Lipinski definition) is 3. The molecular weight excluding hydrogens is 218 g/mol. The summed E-state index contributed by atoms with van der Waals surface area (Å²) in [4.78, 5) is 23.1. The van der Waals surface area contributed by atoms with Crippen LogP contribution < -0.4 is 5.32 Å². The van der Waals surface area contributed by atoms with Crippen LogP contribution in [0.5, 0.6) is 0 Å². The van der Waals surface area contributed by atoms with Gasteiger partial charge in [-0.25, -0.2) is 4.79 Å². The van der Waals surface area contributed by atoms with Gasteiger partial charge in [0, 0.05) is 12.0 Å². The lowest BCUT2D eigenvalue weighted by Gasteiger charge is -2.19. The van der Waals surface area contributed by atoms with E-state index in [-0.39, 0.29) is 17.3 Å². The monoisotopic (exact) mass is 239 g/mol. The van der Waals surface area contributed by atoms with Gasteiger partial charge in [-0.2, -0.15) is 0 Å². The molecule has 1 aliphatic heterocycles. The first-order chi connectivity index (χ1) is 7.85. The fourth-order valence-electron chi connectivity index (χ4n) is 1.65. The molecule has 1 amide bonds. The van der Waals surface area contributed by atoms with E-state index in [1.54, 1.807) is 6.92 Å². The van der Waals surface area contributed by atoms with Gasteiger partial charge in [-0.15, -0.1) is 0 Å². The third kappa shape index (κ3) is 3.88. The zero-order valence-corrected chi connectivity index (χ0v) is 11.0. The average molecular weight is 239 g/mol. The minimum absolute atomic E-state index is 0.00237. The van der Waals surface area contributed by atoms with E-state index in [4.69, 9.17) is 4.74 Å². The molecule has 96 valence electrons. The second kappa shape index (κ2) is 5.34. The number of esters is 1. The Morgan fingerprint density at radius 2 is 2.24 bits per heavy atom. The second-order valence-electron chi connectivity index (χ2n) is 5.15. The largest absolute Gasteiger partial charge is 0.464 e. The zero-order valence-electron chi connectivity index (χ0n) is 11.0. The Hall–Kier alpha value is -1.32. The maximum atomic E-state index is 11.9. The number of rotatable bonds is 4. The highest BCUT2D eigenvalue weighted by atomic mass is 16.5. The summed E-state index contributed by atoms with van der Waals surface area (Å²) in [6.45, 7) is 8.40. The summed E-state index contributed by atoms with van der Waals surface area (Å²) < 4.78 is 4.80. The smallest absolute Gasteiger partial charge is 0.328 e. The Bertz CT molecular complexity index is 345. The van der Waals surface area contributed by atoms with Crippen LogP contribution >= 0.6 is 0 Å². The van der Waals surface area contributed by atoms with E-state index in [9.17, 15) is 9.59 Å². The van der Waals surface area contributed by atoms with Crippen LogP contribution in [0.3, 0.4) is 0 Å². The highest BCUT2D eigenvalue weighted by molar-refractivity contribution is 5.96. The first kappa shape index (κ1) is 13.7. The average Bonchev–Trinajstić information content (AvgIpc) is 2.64. The summed E-state index contributed by atoms with van der Waals surface area (Å²) in [5.74, 6) is -0.517. The highest BCUT2D eigenvalue weighted by Gasteiger charge is 2.28. The topological polar surface area (TPSA) is 55.4 Å². The summed E-state index contributed by atoms with van der Waals surface area (Å²) in [6.07, 6.45) is 3.47. The Balaban J connectivity index is 2.61. The van der Waals surface area contributed by atoms with E-state index >= 15 is 0 Å². The van der Waals surface area contributed by atoms with Crippen LogP contribution in [-0.2, 0) is 14.3 Å². The third-order valence-electron chi connectivity index (χ3n) is 3.12. The fourth-order valence-corrected chi connectivity index (χ4v) is 1.65. The molecule has 1 rings (SSSR count). The van der Waals surface area contributed by atoms with Crippen LogP contribution in [0.15, 0.2) is 11.6 Å². The van der Waals surface area contributed by atoms with Gasteiger partial charge in [-0.1, -0.05) is 26.8 Å².